The number of anilines is 1. The van der Waals surface area contributed by atoms with Crippen LogP contribution in [0.25, 0.3) is 0 Å². The Balaban J connectivity index is 2.15. The number of nitrogens with zero attached hydrogens (tertiary/aromatic N) is 1. The Labute approximate surface area is 124 Å². The van der Waals surface area contributed by atoms with Crippen molar-refractivity contribution in [3.05, 3.63) is 58.3 Å². The van der Waals surface area contributed by atoms with E-state index in [4.69, 9.17) is 0 Å². The molecular formula is C14H11BrN2O3. The summed E-state index contributed by atoms with van der Waals surface area (Å²) in [7, 11) is 1.31. The number of nitrogens with one attached hydrogen (secondary N) is 1. The second-order valence-corrected chi connectivity index (χ2v) is 4.71. The van der Waals surface area contributed by atoms with Crippen molar-refractivity contribution in [2.45, 2.75) is 0 Å². The van der Waals surface area contributed by atoms with Crippen molar-refractivity contribution < 1.29 is 14.3 Å². The zero-order chi connectivity index (χ0) is 14.5. The van der Waals surface area contributed by atoms with E-state index < -0.39 is 5.97 Å². The lowest BCUT2D eigenvalue weighted by atomic mass is 10.2. The molecule has 1 N–H and O–H groups in total. The second kappa shape index (κ2) is 6.29. The number of benzene rings is 1. The molecule has 0 aliphatic rings. The number of hydrogen-bond donors (Lipinski definition) is 1. The van der Waals surface area contributed by atoms with Crippen molar-refractivity contribution in [2.24, 2.45) is 0 Å². The molecule has 2 aromatic rings. The summed E-state index contributed by atoms with van der Waals surface area (Å²) in [6.45, 7) is 0. The first-order valence-corrected chi connectivity index (χ1v) is 6.51. The average Bonchev–Trinajstić information content (AvgIpc) is 2.47. The van der Waals surface area contributed by atoms with Crippen LogP contribution >= 0.6 is 15.9 Å². The van der Waals surface area contributed by atoms with Crippen LogP contribution in [0.4, 0.5) is 5.69 Å². The highest BCUT2D eigenvalue weighted by Crippen LogP contribution is 2.13. The van der Waals surface area contributed by atoms with E-state index in [1.54, 1.807) is 36.4 Å². The van der Waals surface area contributed by atoms with Crippen LogP contribution in [-0.2, 0) is 4.74 Å². The summed E-state index contributed by atoms with van der Waals surface area (Å²) in [5.74, 6) is -0.751. The predicted molar refractivity (Wildman–Crippen MR) is 77.7 cm³/mol. The summed E-state index contributed by atoms with van der Waals surface area (Å²) in [4.78, 5) is 27.4. The number of methoxy groups -OCH3 is 1. The Morgan fingerprint density at radius 1 is 1.20 bits per heavy atom. The van der Waals surface area contributed by atoms with E-state index in [2.05, 4.69) is 31.0 Å². The van der Waals surface area contributed by atoms with E-state index in [0.717, 1.165) is 0 Å². The Kier molecular flexibility index (Phi) is 4.47. The van der Waals surface area contributed by atoms with Crippen molar-refractivity contribution in [2.75, 3.05) is 12.4 Å². The lowest BCUT2D eigenvalue weighted by molar-refractivity contribution is 0.0600. The van der Waals surface area contributed by atoms with Gasteiger partial charge in [-0.05, 0) is 46.3 Å². The van der Waals surface area contributed by atoms with Crippen LogP contribution in [0, 0.1) is 0 Å². The first kappa shape index (κ1) is 14.2. The van der Waals surface area contributed by atoms with Gasteiger partial charge in [0.05, 0.1) is 18.2 Å². The summed E-state index contributed by atoms with van der Waals surface area (Å²) in [5, 5.41) is 2.70. The van der Waals surface area contributed by atoms with Crippen molar-refractivity contribution >= 4 is 33.5 Å². The van der Waals surface area contributed by atoms with Gasteiger partial charge in [0, 0.05) is 11.9 Å². The van der Waals surface area contributed by atoms with Gasteiger partial charge in [-0.1, -0.05) is 6.07 Å². The number of esters is 1. The van der Waals surface area contributed by atoms with Gasteiger partial charge in [-0.2, -0.15) is 0 Å². The third kappa shape index (κ3) is 3.42. The number of pyridine rings is 1. The number of amides is 1. The van der Waals surface area contributed by atoms with Gasteiger partial charge in [0.1, 0.15) is 4.60 Å². The Morgan fingerprint density at radius 2 is 2.00 bits per heavy atom. The summed E-state index contributed by atoms with van der Waals surface area (Å²) in [6.07, 6.45) is 1.46. The second-order valence-electron chi connectivity index (χ2n) is 3.90. The van der Waals surface area contributed by atoms with Crippen molar-refractivity contribution in [3.8, 4) is 0 Å². The van der Waals surface area contributed by atoms with Crippen LogP contribution in [0.2, 0.25) is 0 Å². The molecule has 102 valence electrons. The molecule has 2 rings (SSSR count). The minimum absolute atomic E-state index is 0.299. The maximum Gasteiger partial charge on any atom is 0.337 e. The van der Waals surface area contributed by atoms with E-state index in [0.29, 0.717) is 21.4 Å². The van der Waals surface area contributed by atoms with Gasteiger partial charge in [0.15, 0.2) is 0 Å². The van der Waals surface area contributed by atoms with E-state index in [1.807, 2.05) is 0 Å². The number of aromatic nitrogens is 1. The fraction of sp³-hybridized carbons (Fsp3) is 0.0714. The topological polar surface area (TPSA) is 68.3 Å². The molecule has 0 radical (unpaired) electrons. The molecule has 1 amide bonds. The molecule has 5 nitrogen and oxygen atoms in total. The van der Waals surface area contributed by atoms with Gasteiger partial charge < -0.3 is 10.1 Å². The first-order chi connectivity index (χ1) is 9.60. The molecule has 20 heavy (non-hydrogen) atoms. The number of ether oxygens (including phenoxy) is 1. The fourth-order valence-corrected chi connectivity index (χ4v) is 1.79. The number of rotatable bonds is 3. The van der Waals surface area contributed by atoms with E-state index in [1.165, 1.54) is 13.3 Å². The summed E-state index contributed by atoms with van der Waals surface area (Å²) in [6, 6.07) is 9.85. The number of hydrogen-bond acceptors (Lipinski definition) is 4. The first-order valence-electron chi connectivity index (χ1n) is 5.71. The standard InChI is InChI=1S/C14H11BrN2O3/c1-20-14(19)9-3-2-4-11(7-9)17-13(18)10-5-6-12(15)16-8-10/h2-8H,1H3,(H,17,18). The summed E-state index contributed by atoms with van der Waals surface area (Å²) in [5.41, 5.74) is 1.32. The summed E-state index contributed by atoms with van der Waals surface area (Å²) >= 11 is 3.20. The average molecular weight is 335 g/mol. The van der Waals surface area contributed by atoms with Gasteiger partial charge in [-0.3, -0.25) is 4.79 Å². The zero-order valence-corrected chi connectivity index (χ0v) is 12.2. The SMILES string of the molecule is COC(=O)c1cccc(NC(=O)c2ccc(Br)nc2)c1. The largest absolute Gasteiger partial charge is 0.465 e. The molecule has 0 aliphatic heterocycles. The van der Waals surface area contributed by atoms with E-state index in [9.17, 15) is 9.59 Å². The monoisotopic (exact) mass is 334 g/mol. The Bertz CT molecular complexity index is 641. The normalized spacial score (nSPS) is 9.90. The Morgan fingerprint density at radius 3 is 2.65 bits per heavy atom. The molecule has 0 spiro atoms. The van der Waals surface area contributed by atoms with Crippen LogP contribution in [0.15, 0.2) is 47.2 Å². The van der Waals surface area contributed by atoms with Crippen LogP contribution in [-0.4, -0.2) is 24.0 Å². The smallest absolute Gasteiger partial charge is 0.337 e. The van der Waals surface area contributed by atoms with Crippen molar-refractivity contribution in [3.63, 3.8) is 0 Å². The molecule has 0 saturated carbocycles. The molecule has 1 aromatic carbocycles. The lowest BCUT2D eigenvalue weighted by Crippen LogP contribution is -2.12. The number of carbonyl (C=O) groups is 2. The number of halogens is 1. The highest BCUT2D eigenvalue weighted by molar-refractivity contribution is 9.10. The van der Waals surface area contributed by atoms with Crippen molar-refractivity contribution in [1.82, 2.24) is 4.98 Å². The highest BCUT2D eigenvalue weighted by Gasteiger charge is 2.09. The molecule has 0 aliphatic carbocycles. The predicted octanol–water partition coefficient (Wildman–Crippen LogP) is 2.88. The zero-order valence-electron chi connectivity index (χ0n) is 10.6. The highest BCUT2D eigenvalue weighted by atomic mass is 79.9. The third-order valence-electron chi connectivity index (χ3n) is 2.53. The molecule has 1 aromatic heterocycles. The molecule has 6 heteroatoms. The van der Waals surface area contributed by atoms with E-state index >= 15 is 0 Å². The third-order valence-corrected chi connectivity index (χ3v) is 3.00. The molecule has 0 atom stereocenters. The molecule has 1 heterocycles. The van der Waals surface area contributed by atoms with Crippen LogP contribution in [0.3, 0.4) is 0 Å². The quantitative estimate of drug-likeness (QED) is 0.692. The lowest BCUT2D eigenvalue weighted by Gasteiger charge is -2.06. The van der Waals surface area contributed by atoms with E-state index in [-0.39, 0.29) is 5.91 Å². The van der Waals surface area contributed by atoms with Gasteiger partial charge >= 0.3 is 5.97 Å². The fourth-order valence-electron chi connectivity index (χ4n) is 1.56. The maximum atomic E-state index is 12.0. The van der Waals surface area contributed by atoms with Gasteiger partial charge in [-0.15, -0.1) is 0 Å². The molecular weight excluding hydrogens is 324 g/mol. The Hall–Kier alpha value is -2.21. The minimum atomic E-state index is -0.452. The minimum Gasteiger partial charge on any atom is -0.465 e. The maximum absolute atomic E-state index is 12.0. The van der Waals surface area contributed by atoms with Gasteiger partial charge in [0.2, 0.25) is 0 Å². The van der Waals surface area contributed by atoms with Crippen LogP contribution in [0.1, 0.15) is 20.7 Å². The molecule has 0 bridgehead atoms. The molecule has 0 unspecified atom stereocenters. The summed E-state index contributed by atoms with van der Waals surface area (Å²) < 4.78 is 5.28. The van der Waals surface area contributed by atoms with Gasteiger partial charge in [0.25, 0.3) is 5.91 Å². The number of carbonyl (C=O) groups excluding carboxylic acids is 2. The van der Waals surface area contributed by atoms with Crippen LogP contribution in [0.5, 0.6) is 0 Å². The van der Waals surface area contributed by atoms with Crippen molar-refractivity contribution in [1.29, 1.82) is 0 Å². The molecule has 0 saturated heterocycles. The molecule has 0 fully saturated rings. The van der Waals surface area contributed by atoms with Gasteiger partial charge in [-0.25, -0.2) is 9.78 Å². The van der Waals surface area contributed by atoms with Crippen LogP contribution < -0.4 is 5.32 Å².